The highest BCUT2D eigenvalue weighted by Crippen LogP contribution is 2.24. The minimum absolute atomic E-state index is 0.266. The van der Waals surface area contributed by atoms with E-state index in [0.717, 1.165) is 5.01 Å². The van der Waals surface area contributed by atoms with E-state index >= 15 is 0 Å². The van der Waals surface area contributed by atoms with E-state index in [2.05, 4.69) is 10.3 Å². The molecule has 0 unspecified atom stereocenters. The molecule has 1 aromatic carbocycles. The van der Waals surface area contributed by atoms with Gasteiger partial charge in [0.1, 0.15) is 5.01 Å². The van der Waals surface area contributed by atoms with E-state index in [4.69, 9.17) is 17.3 Å². The van der Waals surface area contributed by atoms with Crippen LogP contribution in [0.25, 0.3) is 0 Å². The van der Waals surface area contributed by atoms with Gasteiger partial charge in [0.05, 0.1) is 16.1 Å². The van der Waals surface area contributed by atoms with Gasteiger partial charge in [0.25, 0.3) is 5.91 Å². The molecule has 0 saturated carbocycles. The first-order valence-electron chi connectivity index (χ1n) is 5.67. The number of aromatic nitrogens is 1. The van der Waals surface area contributed by atoms with Crippen LogP contribution in [0.1, 0.15) is 29.2 Å². The number of nitrogens with one attached hydrogen (secondary N) is 1. The van der Waals surface area contributed by atoms with Gasteiger partial charge in [0.15, 0.2) is 0 Å². The Bertz CT molecular complexity index is 596. The number of thiazole rings is 1. The minimum Gasteiger partial charge on any atom is -0.399 e. The lowest BCUT2D eigenvalue weighted by molar-refractivity contribution is 0.0912. The molecule has 3 N–H and O–H groups in total. The summed E-state index contributed by atoms with van der Waals surface area (Å²) in [5.74, 6) is -0.266. The van der Waals surface area contributed by atoms with Gasteiger partial charge in [-0.2, -0.15) is 0 Å². The molecule has 0 bridgehead atoms. The summed E-state index contributed by atoms with van der Waals surface area (Å²) in [5, 5.41) is 5.99. The number of benzene rings is 1. The summed E-state index contributed by atoms with van der Waals surface area (Å²) in [6.45, 7) is 3.79. The average molecular weight is 296 g/mol. The third kappa shape index (κ3) is 3.05. The Balaban J connectivity index is 2.24. The van der Waals surface area contributed by atoms with Crippen molar-refractivity contribution < 1.29 is 4.79 Å². The SMILES string of the molecule is CC(C)(NC(=O)c1cc(N)ccc1Cl)c1nccs1. The number of hydrogen-bond acceptors (Lipinski definition) is 4. The summed E-state index contributed by atoms with van der Waals surface area (Å²) in [7, 11) is 0. The molecule has 0 fully saturated rings. The zero-order valence-corrected chi connectivity index (χ0v) is 12.2. The van der Waals surface area contributed by atoms with Crippen LogP contribution in [-0.4, -0.2) is 10.9 Å². The second kappa shape index (κ2) is 5.19. The highest BCUT2D eigenvalue weighted by atomic mass is 35.5. The van der Waals surface area contributed by atoms with Gasteiger partial charge in [0, 0.05) is 17.3 Å². The number of rotatable bonds is 3. The van der Waals surface area contributed by atoms with Crippen molar-refractivity contribution >= 4 is 34.5 Å². The number of carbonyl (C=O) groups is 1. The van der Waals surface area contributed by atoms with Gasteiger partial charge in [-0.05, 0) is 32.0 Å². The standard InChI is InChI=1S/C13H14ClN3OS/c1-13(2,12-16-5-6-19-12)17-11(18)9-7-8(15)3-4-10(9)14/h3-7H,15H2,1-2H3,(H,17,18). The van der Waals surface area contributed by atoms with E-state index in [0.29, 0.717) is 16.3 Å². The molecule has 0 radical (unpaired) electrons. The molecule has 1 amide bonds. The number of amides is 1. The summed E-state index contributed by atoms with van der Waals surface area (Å²) >= 11 is 7.51. The van der Waals surface area contributed by atoms with Crippen molar-refractivity contribution in [1.29, 1.82) is 0 Å². The number of carbonyl (C=O) groups excluding carboxylic acids is 1. The van der Waals surface area contributed by atoms with E-state index in [1.165, 1.54) is 11.3 Å². The maximum absolute atomic E-state index is 12.3. The summed E-state index contributed by atoms with van der Waals surface area (Å²) in [6.07, 6.45) is 1.71. The number of halogens is 1. The van der Waals surface area contributed by atoms with Gasteiger partial charge in [-0.3, -0.25) is 4.79 Å². The Morgan fingerprint density at radius 2 is 2.21 bits per heavy atom. The number of anilines is 1. The fourth-order valence-corrected chi connectivity index (χ4v) is 2.58. The molecule has 1 heterocycles. The first kappa shape index (κ1) is 13.8. The topological polar surface area (TPSA) is 68.0 Å². The van der Waals surface area contributed by atoms with Crippen molar-refractivity contribution in [2.24, 2.45) is 0 Å². The van der Waals surface area contributed by atoms with Gasteiger partial charge in [-0.25, -0.2) is 4.98 Å². The largest absolute Gasteiger partial charge is 0.399 e. The first-order chi connectivity index (χ1) is 8.90. The average Bonchev–Trinajstić information content (AvgIpc) is 2.86. The zero-order valence-electron chi connectivity index (χ0n) is 10.6. The van der Waals surface area contributed by atoms with Crippen LogP contribution in [0.3, 0.4) is 0 Å². The zero-order chi connectivity index (χ0) is 14.0. The van der Waals surface area contributed by atoms with Crippen LogP contribution in [0.2, 0.25) is 5.02 Å². The van der Waals surface area contributed by atoms with Crippen molar-refractivity contribution in [3.8, 4) is 0 Å². The molecule has 2 rings (SSSR count). The molecule has 2 aromatic rings. The second-order valence-electron chi connectivity index (χ2n) is 4.66. The molecular weight excluding hydrogens is 282 g/mol. The van der Waals surface area contributed by atoms with Gasteiger partial charge >= 0.3 is 0 Å². The van der Waals surface area contributed by atoms with Crippen molar-refractivity contribution in [2.75, 3.05) is 5.73 Å². The Kier molecular flexibility index (Phi) is 3.78. The van der Waals surface area contributed by atoms with Crippen LogP contribution >= 0.6 is 22.9 Å². The highest BCUT2D eigenvalue weighted by molar-refractivity contribution is 7.09. The first-order valence-corrected chi connectivity index (χ1v) is 6.93. The summed E-state index contributed by atoms with van der Waals surface area (Å²) in [4.78, 5) is 16.5. The van der Waals surface area contributed by atoms with E-state index in [9.17, 15) is 4.79 Å². The van der Waals surface area contributed by atoms with Gasteiger partial charge < -0.3 is 11.1 Å². The number of nitrogens with two attached hydrogens (primary N) is 1. The molecule has 6 heteroatoms. The predicted molar refractivity (Wildman–Crippen MR) is 78.5 cm³/mol. The number of hydrogen-bond donors (Lipinski definition) is 2. The fourth-order valence-electron chi connectivity index (χ4n) is 1.65. The molecular formula is C13H14ClN3OS. The summed E-state index contributed by atoms with van der Waals surface area (Å²) in [5.41, 5.74) is 5.99. The maximum atomic E-state index is 12.3. The lowest BCUT2D eigenvalue weighted by Crippen LogP contribution is -2.41. The van der Waals surface area contributed by atoms with Crippen LogP contribution in [0.15, 0.2) is 29.8 Å². The smallest absolute Gasteiger partial charge is 0.253 e. The predicted octanol–water partition coefficient (Wildman–Crippen LogP) is 3.04. The second-order valence-corrected chi connectivity index (χ2v) is 5.96. The lowest BCUT2D eigenvalue weighted by atomic mass is 10.1. The molecule has 1 aromatic heterocycles. The number of nitrogen functional groups attached to an aromatic ring is 1. The van der Waals surface area contributed by atoms with Crippen molar-refractivity contribution in [3.05, 3.63) is 45.4 Å². The van der Waals surface area contributed by atoms with E-state index in [1.807, 2.05) is 19.2 Å². The molecule has 0 aliphatic carbocycles. The molecule has 19 heavy (non-hydrogen) atoms. The van der Waals surface area contributed by atoms with Crippen LogP contribution in [0.4, 0.5) is 5.69 Å². The summed E-state index contributed by atoms with van der Waals surface area (Å²) in [6, 6.07) is 4.84. The molecule has 100 valence electrons. The molecule has 0 aliphatic heterocycles. The third-order valence-corrected chi connectivity index (χ3v) is 4.05. The monoisotopic (exact) mass is 295 g/mol. The molecule has 0 atom stereocenters. The Hall–Kier alpha value is -1.59. The molecule has 0 saturated heterocycles. The molecule has 4 nitrogen and oxygen atoms in total. The van der Waals surface area contributed by atoms with E-state index < -0.39 is 5.54 Å². The minimum atomic E-state index is -0.556. The Labute approximate surface area is 120 Å². The highest BCUT2D eigenvalue weighted by Gasteiger charge is 2.26. The van der Waals surface area contributed by atoms with E-state index in [1.54, 1.807) is 24.4 Å². The van der Waals surface area contributed by atoms with Crippen LogP contribution in [0, 0.1) is 0 Å². The number of nitrogens with zero attached hydrogens (tertiary/aromatic N) is 1. The third-order valence-electron chi connectivity index (χ3n) is 2.63. The Morgan fingerprint density at radius 1 is 1.47 bits per heavy atom. The van der Waals surface area contributed by atoms with Gasteiger partial charge in [-0.15, -0.1) is 11.3 Å². The van der Waals surface area contributed by atoms with Crippen LogP contribution < -0.4 is 11.1 Å². The van der Waals surface area contributed by atoms with Gasteiger partial charge in [0.2, 0.25) is 0 Å². The van der Waals surface area contributed by atoms with E-state index in [-0.39, 0.29) is 5.91 Å². The molecule has 0 spiro atoms. The maximum Gasteiger partial charge on any atom is 0.253 e. The quantitative estimate of drug-likeness (QED) is 0.855. The van der Waals surface area contributed by atoms with Gasteiger partial charge in [-0.1, -0.05) is 11.6 Å². The molecule has 0 aliphatic rings. The lowest BCUT2D eigenvalue weighted by Gasteiger charge is -2.24. The van der Waals surface area contributed by atoms with Crippen molar-refractivity contribution in [1.82, 2.24) is 10.3 Å². The van der Waals surface area contributed by atoms with Crippen LogP contribution in [0.5, 0.6) is 0 Å². The Morgan fingerprint density at radius 3 is 2.84 bits per heavy atom. The van der Waals surface area contributed by atoms with Crippen molar-refractivity contribution in [3.63, 3.8) is 0 Å². The van der Waals surface area contributed by atoms with Crippen molar-refractivity contribution in [2.45, 2.75) is 19.4 Å². The fraction of sp³-hybridized carbons (Fsp3) is 0.231. The normalized spacial score (nSPS) is 11.3. The summed E-state index contributed by atoms with van der Waals surface area (Å²) < 4.78 is 0. The van der Waals surface area contributed by atoms with Crippen LogP contribution in [-0.2, 0) is 5.54 Å².